The summed E-state index contributed by atoms with van der Waals surface area (Å²) < 4.78 is 0. The van der Waals surface area contributed by atoms with Gasteiger partial charge in [0.2, 0.25) is 5.91 Å². The molecule has 1 unspecified atom stereocenters. The number of benzene rings is 1. The lowest BCUT2D eigenvalue weighted by Crippen LogP contribution is -2.34. The van der Waals surface area contributed by atoms with Crippen LogP contribution in [0.1, 0.15) is 37.3 Å². The molecule has 2 heterocycles. The number of fused-ring (bicyclic) bond motifs is 1. The minimum Gasteiger partial charge on any atom is -0.349 e. The highest BCUT2D eigenvalue weighted by Gasteiger charge is 2.23. The molecule has 1 fully saturated rings. The van der Waals surface area contributed by atoms with Gasteiger partial charge in [-0.3, -0.25) is 4.79 Å². The van der Waals surface area contributed by atoms with Crippen LogP contribution in [-0.2, 0) is 4.79 Å². The summed E-state index contributed by atoms with van der Waals surface area (Å²) in [5.74, 6) is 1.88. The van der Waals surface area contributed by atoms with E-state index >= 15 is 0 Å². The summed E-state index contributed by atoms with van der Waals surface area (Å²) >= 11 is 1.90. The molecular weight excluding hydrogens is 268 g/mol. The van der Waals surface area contributed by atoms with E-state index in [0.717, 1.165) is 38.1 Å². The Bertz CT molecular complexity index is 471. The largest absolute Gasteiger partial charge is 0.349 e. The number of piperidine rings is 1. The molecule has 1 aromatic carbocycles. The van der Waals surface area contributed by atoms with E-state index in [0.29, 0.717) is 12.3 Å². The maximum absolute atomic E-state index is 12.3. The van der Waals surface area contributed by atoms with E-state index in [4.69, 9.17) is 0 Å². The third kappa shape index (κ3) is 3.36. The van der Waals surface area contributed by atoms with Crippen molar-refractivity contribution in [1.29, 1.82) is 0 Å². The molecule has 2 aliphatic heterocycles. The lowest BCUT2D eigenvalue weighted by atomic mass is 9.94. The number of nitrogens with one attached hydrogen (secondary N) is 2. The van der Waals surface area contributed by atoms with Crippen molar-refractivity contribution in [3.8, 4) is 0 Å². The second kappa shape index (κ2) is 6.64. The number of carbonyl (C=O) groups is 1. The molecule has 0 radical (unpaired) electrons. The predicted molar refractivity (Wildman–Crippen MR) is 82.9 cm³/mol. The van der Waals surface area contributed by atoms with Crippen molar-refractivity contribution in [1.82, 2.24) is 10.6 Å². The fourth-order valence-corrected chi connectivity index (χ4v) is 4.22. The van der Waals surface area contributed by atoms with Gasteiger partial charge in [0, 0.05) is 17.1 Å². The molecule has 3 nitrogen and oxygen atoms in total. The van der Waals surface area contributed by atoms with Crippen LogP contribution in [0.25, 0.3) is 0 Å². The van der Waals surface area contributed by atoms with Crippen LogP contribution in [0.2, 0.25) is 0 Å². The SMILES string of the molecule is O=C(CC1CCNCC1)NC1CCSc2ccccc21. The van der Waals surface area contributed by atoms with Gasteiger partial charge in [-0.15, -0.1) is 11.8 Å². The van der Waals surface area contributed by atoms with Crippen molar-refractivity contribution in [2.75, 3.05) is 18.8 Å². The average molecular weight is 290 g/mol. The number of amides is 1. The number of carbonyl (C=O) groups excluding carboxylic acids is 1. The van der Waals surface area contributed by atoms with Crippen molar-refractivity contribution in [3.05, 3.63) is 29.8 Å². The van der Waals surface area contributed by atoms with E-state index in [1.165, 1.54) is 10.5 Å². The van der Waals surface area contributed by atoms with Crippen LogP contribution < -0.4 is 10.6 Å². The molecule has 1 saturated heterocycles. The molecule has 0 aliphatic carbocycles. The molecule has 1 amide bonds. The van der Waals surface area contributed by atoms with Gasteiger partial charge in [0.05, 0.1) is 6.04 Å². The van der Waals surface area contributed by atoms with E-state index in [1.54, 1.807) is 0 Å². The summed E-state index contributed by atoms with van der Waals surface area (Å²) in [7, 11) is 0. The van der Waals surface area contributed by atoms with Crippen molar-refractivity contribution in [3.63, 3.8) is 0 Å². The van der Waals surface area contributed by atoms with Gasteiger partial charge in [-0.1, -0.05) is 18.2 Å². The van der Waals surface area contributed by atoms with E-state index in [9.17, 15) is 4.79 Å². The lowest BCUT2D eigenvalue weighted by molar-refractivity contribution is -0.123. The van der Waals surface area contributed by atoms with Crippen LogP contribution in [0, 0.1) is 5.92 Å². The van der Waals surface area contributed by atoms with Crippen LogP contribution >= 0.6 is 11.8 Å². The number of thioether (sulfide) groups is 1. The highest BCUT2D eigenvalue weighted by molar-refractivity contribution is 7.99. The normalized spacial score (nSPS) is 23.1. The van der Waals surface area contributed by atoms with Gasteiger partial charge in [0.25, 0.3) is 0 Å². The van der Waals surface area contributed by atoms with Crippen molar-refractivity contribution in [2.24, 2.45) is 5.92 Å². The number of rotatable bonds is 3. The molecule has 2 N–H and O–H groups in total. The first-order valence-electron chi connectivity index (χ1n) is 7.55. The maximum atomic E-state index is 12.3. The van der Waals surface area contributed by atoms with Gasteiger partial charge < -0.3 is 10.6 Å². The molecule has 2 aliphatic rings. The van der Waals surface area contributed by atoms with Crippen LogP contribution in [-0.4, -0.2) is 24.7 Å². The highest BCUT2D eigenvalue weighted by atomic mass is 32.2. The van der Waals surface area contributed by atoms with Crippen molar-refractivity contribution >= 4 is 17.7 Å². The first kappa shape index (κ1) is 14.0. The first-order valence-corrected chi connectivity index (χ1v) is 8.53. The molecule has 4 heteroatoms. The minimum absolute atomic E-state index is 0.210. The zero-order valence-corrected chi connectivity index (χ0v) is 12.5. The van der Waals surface area contributed by atoms with Gasteiger partial charge >= 0.3 is 0 Å². The van der Waals surface area contributed by atoms with Gasteiger partial charge in [-0.2, -0.15) is 0 Å². The lowest BCUT2D eigenvalue weighted by Gasteiger charge is -2.27. The summed E-state index contributed by atoms with van der Waals surface area (Å²) in [5, 5.41) is 6.60. The number of hydrogen-bond donors (Lipinski definition) is 2. The number of hydrogen-bond acceptors (Lipinski definition) is 3. The second-order valence-electron chi connectivity index (χ2n) is 5.69. The fraction of sp³-hybridized carbons (Fsp3) is 0.562. The van der Waals surface area contributed by atoms with E-state index < -0.39 is 0 Å². The monoisotopic (exact) mass is 290 g/mol. The Hall–Kier alpha value is -1.00. The first-order chi connectivity index (χ1) is 9.83. The summed E-state index contributed by atoms with van der Waals surface area (Å²) in [5.41, 5.74) is 1.29. The highest BCUT2D eigenvalue weighted by Crippen LogP contribution is 2.35. The molecule has 3 rings (SSSR count). The van der Waals surface area contributed by atoms with Crippen LogP contribution in [0.15, 0.2) is 29.2 Å². The molecule has 1 aromatic rings. The molecule has 108 valence electrons. The smallest absolute Gasteiger partial charge is 0.220 e. The molecule has 0 aromatic heterocycles. The molecule has 1 atom stereocenters. The third-order valence-corrected chi connectivity index (χ3v) is 5.35. The third-order valence-electron chi connectivity index (χ3n) is 4.23. The Labute approximate surface area is 124 Å². The van der Waals surface area contributed by atoms with Gasteiger partial charge in [0.1, 0.15) is 0 Å². The van der Waals surface area contributed by atoms with Crippen molar-refractivity contribution in [2.45, 2.75) is 36.6 Å². The maximum Gasteiger partial charge on any atom is 0.220 e. The Morgan fingerprint density at radius 3 is 2.90 bits per heavy atom. The van der Waals surface area contributed by atoms with E-state index in [1.807, 2.05) is 11.8 Å². The Balaban J connectivity index is 1.59. The summed E-state index contributed by atoms with van der Waals surface area (Å²) in [6, 6.07) is 8.66. The molecule has 0 spiro atoms. The molecule has 20 heavy (non-hydrogen) atoms. The van der Waals surface area contributed by atoms with E-state index in [-0.39, 0.29) is 11.9 Å². The quantitative estimate of drug-likeness (QED) is 0.899. The van der Waals surface area contributed by atoms with E-state index in [2.05, 4.69) is 34.9 Å². The second-order valence-corrected chi connectivity index (χ2v) is 6.83. The van der Waals surface area contributed by atoms with Crippen molar-refractivity contribution < 1.29 is 4.79 Å². The van der Waals surface area contributed by atoms with Gasteiger partial charge in [-0.25, -0.2) is 0 Å². The zero-order valence-electron chi connectivity index (χ0n) is 11.7. The fourth-order valence-electron chi connectivity index (χ4n) is 3.09. The zero-order chi connectivity index (χ0) is 13.8. The molecule has 0 bridgehead atoms. The van der Waals surface area contributed by atoms with Gasteiger partial charge in [-0.05, 0) is 49.9 Å². The Morgan fingerprint density at radius 1 is 1.25 bits per heavy atom. The van der Waals surface area contributed by atoms with Crippen LogP contribution in [0.4, 0.5) is 0 Å². The molecular formula is C16H22N2OS. The van der Waals surface area contributed by atoms with Crippen LogP contribution in [0.5, 0.6) is 0 Å². The Kier molecular flexibility index (Phi) is 4.63. The summed E-state index contributed by atoms with van der Waals surface area (Å²) in [6.07, 6.45) is 3.99. The topological polar surface area (TPSA) is 41.1 Å². The van der Waals surface area contributed by atoms with Crippen LogP contribution in [0.3, 0.4) is 0 Å². The average Bonchev–Trinajstić information content (AvgIpc) is 2.48. The standard InChI is InChI=1S/C16H22N2OS/c19-16(11-12-5-8-17-9-6-12)18-14-7-10-20-15-4-2-1-3-13(14)15/h1-4,12,14,17H,5-11H2,(H,18,19). The predicted octanol–water partition coefficient (Wildman–Crippen LogP) is 2.73. The summed E-state index contributed by atoms with van der Waals surface area (Å²) in [6.45, 7) is 2.11. The summed E-state index contributed by atoms with van der Waals surface area (Å²) in [4.78, 5) is 13.6. The van der Waals surface area contributed by atoms with Gasteiger partial charge in [0.15, 0.2) is 0 Å². The molecule has 0 saturated carbocycles. The Morgan fingerprint density at radius 2 is 2.05 bits per heavy atom. The minimum atomic E-state index is 0.210.